The molecule has 7 heteroatoms. The molecule has 0 aliphatic heterocycles. The van der Waals surface area contributed by atoms with Crippen LogP contribution in [-0.2, 0) is 0 Å². The quantitative estimate of drug-likeness (QED) is 0.643. The van der Waals surface area contributed by atoms with Gasteiger partial charge in [-0.3, -0.25) is 10.1 Å². The maximum atomic E-state index is 11.0. The lowest BCUT2D eigenvalue weighted by molar-refractivity contribution is -0.384. The van der Waals surface area contributed by atoms with Crippen LogP contribution in [0.1, 0.15) is 0 Å². The molecule has 0 fully saturated rings. The summed E-state index contributed by atoms with van der Waals surface area (Å²) in [5.74, 6) is 1.37. The van der Waals surface area contributed by atoms with Crippen molar-refractivity contribution >= 4 is 23.0 Å². The molecule has 0 atom stereocenters. The van der Waals surface area contributed by atoms with Crippen LogP contribution in [0, 0.1) is 10.1 Å². The topological polar surface area (TPSA) is 89.3 Å². The van der Waals surface area contributed by atoms with E-state index in [2.05, 4.69) is 15.6 Å². The summed E-state index contributed by atoms with van der Waals surface area (Å²) in [6, 6.07) is 10.0. The summed E-state index contributed by atoms with van der Waals surface area (Å²) in [5, 5.41) is 16.8. The molecular formula is C13H14N4O3. The molecule has 0 bridgehead atoms. The van der Waals surface area contributed by atoms with Crippen molar-refractivity contribution in [3.8, 4) is 5.75 Å². The van der Waals surface area contributed by atoms with Crippen molar-refractivity contribution in [2.45, 2.75) is 0 Å². The summed E-state index contributed by atoms with van der Waals surface area (Å²) >= 11 is 0. The van der Waals surface area contributed by atoms with E-state index in [9.17, 15) is 10.1 Å². The van der Waals surface area contributed by atoms with E-state index in [1.54, 1.807) is 44.5 Å². The highest BCUT2D eigenvalue weighted by Gasteiger charge is 2.16. The van der Waals surface area contributed by atoms with Gasteiger partial charge < -0.3 is 15.4 Å². The molecule has 0 saturated heterocycles. The summed E-state index contributed by atoms with van der Waals surface area (Å²) in [4.78, 5) is 14.7. The Hall–Kier alpha value is -2.83. The largest absolute Gasteiger partial charge is 0.497 e. The van der Waals surface area contributed by atoms with Crippen LogP contribution in [0.25, 0.3) is 0 Å². The van der Waals surface area contributed by atoms with Crippen LogP contribution in [0.15, 0.2) is 36.4 Å². The lowest BCUT2D eigenvalue weighted by atomic mass is 10.3. The summed E-state index contributed by atoms with van der Waals surface area (Å²) in [6.45, 7) is 0. The van der Waals surface area contributed by atoms with Gasteiger partial charge in [-0.2, -0.15) is 0 Å². The van der Waals surface area contributed by atoms with E-state index in [4.69, 9.17) is 4.74 Å². The second-order valence-corrected chi connectivity index (χ2v) is 3.93. The van der Waals surface area contributed by atoms with Crippen LogP contribution in [0.3, 0.4) is 0 Å². The molecule has 0 aliphatic rings. The molecule has 0 unspecified atom stereocenters. The molecule has 0 aliphatic carbocycles. The molecule has 0 radical (unpaired) electrons. The zero-order chi connectivity index (χ0) is 14.5. The Morgan fingerprint density at radius 1 is 1.30 bits per heavy atom. The molecule has 1 aromatic carbocycles. The SMILES string of the molecule is CNc1ccc([N+](=O)[O-])c(Nc2cccc(OC)c2)n1. The lowest BCUT2D eigenvalue weighted by Crippen LogP contribution is -2.02. The minimum absolute atomic E-state index is 0.0909. The fourth-order valence-electron chi connectivity index (χ4n) is 1.67. The van der Waals surface area contributed by atoms with Crippen molar-refractivity contribution in [1.82, 2.24) is 4.98 Å². The van der Waals surface area contributed by atoms with Crippen molar-refractivity contribution < 1.29 is 9.66 Å². The van der Waals surface area contributed by atoms with Crippen molar-refractivity contribution in [2.75, 3.05) is 24.8 Å². The summed E-state index contributed by atoms with van der Waals surface area (Å²) in [5.41, 5.74) is 0.569. The third-order valence-electron chi connectivity index (χ3n) is 2.66. The number of hydrogen-bond donors (Lipinski definition) is 2. The monoisotopic (exact) mass is 274 g/mol. The van der Waals surface area contributed by atoms with Gasteiger partial charge in [0.05, 0.1) is 12.0 Å². The molecule has 0 saturated carbocycles. The van der Waals surface area contributed by atoms with Crippen LogP contribution in [0.5, 0.6) is 5.75 Å². The second kappa shape index (κ2) is 5.87. The van der Waals surface area contributed by atoms with Gasteiger partial charge in [0, 0.05) is 24.9 Å². The smallest absolute Gasteiger partial charge is 0.311 e. The molecule has 2 rings (SSSR count). The fraction of sp³-hybridized carbons (Fsp3) is 0.154. The maximum Gasteiger partial charge on any atom is 0.311 e. The molecule has 2 aromatic rings. The summed E-state index contributed by atoms with van der Waals surface area (Å²) < 4.78 is 5.11. The van der Waals surface area contributed by atoms with Crippen LogP contribution >= 0.6 is 0 Å². The highest BCUT2D eigenvalue weighted by Crippen LogP contribution is 2.28. The van der Waals surface area contributed by atoms with Crippen molar-refractivity contribution in [3.05, 3.63) is 46.5 Å². The number of anilines is 3. The minimum Gasteiger partial charge on any atom is -0.497 e. The van der Waals surface area contributed by atoms with E-state index in [0.29, 0.717) is 17.3 Å². The van der Waals surface area contributed by atoms with Gasteiger partial charge in [0.15, 0.2) is 0 Å². The predicted molar refractivity (Wildman–Crippen MR) is 76.7 cm³/mol. The highest BCUT2D eigenvalue weighted by atomic mass is 16.6. The number of nitrogens with one attached hydrogen (secondary N) is 2. The molecule has 7 nitrogen and oxygen atoms in total. The molecular weight excluding hydrogens is 260 g/mol. The van der Waals surface area contributed by atoms with Gasteiger partial charge in [-0.1, -0.05) is 6.07 Å². The maximum absolute atomic E-state index is 11.0. The van der Waals surface area contributed by atoms with Crippen molar-refractivity contribution in [1.29, 1.82) is 0 Å². The summed E-state index contributed by atoms with van der Waals surface area (Å²) in [7, 11) is 3.25. The van der Waals surface area contributed by atoms with Gasteiger partial charge in [0.25, 0.3) is 0 Å². The zero-order valence-electron chi connectivity index (χ0n) is 11.1. The third-order valence-corrected chi connectivity index (χ3v) is 2.66. The number of methoxy groups -OCH3 is 1. The number of nitro groups is 1. The first kappa shape index (κ1) is 13.6. The van der Waals surface area contributed by atoms with Crippen LogP contribution < -0.4 is 15.4 Å². The minimum atomic E-state index is -0.477. The van der Waals surface area contributed by atoms with Crippen molar-refractivity contribution in [2.24, 2.45) is 0 Å². The Balaban J connectivity index is 2.37. The Bertz CT molecular complexity index is 631. The number of pyridine rings is 1. The molecule has 0 amide bonds. The Kier molecular flexibility index (Phi) is 3.99. The van der Waals surface area contributed by atoms with Gasteiger partial charge in [-0.25, -0.2) is 4.98 Å². The molecule has 1 aromatic heterocycles. The number of rotatable bonds is 5. The second-order valence-electron chi connectivity index (χ2n) is 3.93. The summed E-state index contributed by atoms with van der Waals surface area (Å²) in [6.07, 6.45) is 0. The number of ether oxygens (including phenoxy) is 1. The number of nitrogens with zero attached hydrogens (tertiary/aromatic N) is 2. The number of hydrogen-bond acceptors (Lipinski definition) is 6. The van der Waals surface area contributed by atoms with Gasteiger partial charge in [0.1, 0.15) is 11.6 Å². The Morgan fingerprint density at radius 2 is 2.10 bits per heavy atom. The predicted octanol–water partition coefficient (Wildman–Crippen LogP) is 2.78. The molecule has 20 heavy (non-hydrogen) atoms. The first-order chi connectivity index (χ1) is 9.63. The fourth-order valence-corrected chi connectivity index (χ4v) is 1.67. The Labute approximate surface area is 115 Å². The zero-order valence-corrected chi connectivity index (χ0v) is 11.1. The van der Waals surface area contributed by atoms with E-state index in [1.807, 2.05) is 0 Å². The standard InChI is InChI=1S/C13H14N4O3/c1-14-12-7-6-11(17(18)19)13(16-12)15-9-4-3-5-10(8-9)20-2/h3-8H,1-2H3,(H2,14,15,16). The highest BCUT2D eigenvalue weighted by molar-refractivity contribution is 5.68. The molecule has 0 spiro atoms. The van der Waals surface area contributed by atoms with Crippen LogP contribution in [0.4, 0.5) is 23.0 Å². The van der Waals surface area contributed by atoms with E-state index in [-0.39, 0.29) is 11.5 Å². The number of benzene rings is 1. The van der Waals surface area contributed by atoms with Crippen LogP contribution in [0.2, 0.25) is 0 Å². The normalized spacial score (nSPS) is 9.90. The number of aromatic nitrogens is 1. The molecule has 2 N–H and O–H groups in total. The first-order valence-electron chi connectivity index (χ1n) is 5.88. The third kappa shape index (κ3) is 2.94. The van der Waals surface area contributed by atoms with Gasteiger partial charge in [-0.15, -0.1) is 0 Å². The van der Waals surface area contributed by atoms with E-state index in [1.165, 1.54) is 6.07 Å². The van der Waals surface area contributed by atoms with E-state index >= 15 is 0 Å². The molecule has 104 valence electrons. The van der Waals surface area contributed by atoms with E-state index in [0.717, 1.165) is 0 Å². The van der Waals surface area contributed by atoms with Crippen molar-refractivity contribution in [3.63, 3.8) is 0 Å². The van der Waals surface area contributed by atoms with E-state index < -0.39 is 4.92 Å². The first-order valence-corrected chi connectivity index (χ1v) is 5.88. The lowest BCUT2D eigenvalue weighted by Gasteiger charge is -2.09. The van der Waals surface area contributed by atoms with Gasteiger partial charge in [0.2, 0.25) is 5.82 Å². The molecule has 1 heterocycles. The van der Waals surface area contributed by atoms with Gasteiger partial charge >= 0.3 is 5.69 Å². The average molecular weight is 274 g/mol. The van der Waals surface area contributed by atoms with Gasteiger partial charge in [-0.05, 0) is 18.2 Å². The average Bonchev–Trinajstić information content (AvgIpc) is 2.47. The van der Waals surface area contributed by atoms with Crippen LogP contribution in [-0.4, -0.2) is 24.1 Å². The Morgan fingerprint density at radius 3 is 2.75 bits per heavy atom.